The first-order chi connectivity index (χ1) is 11.6. The molecule has 1 aromatic carbocycles. The Labute approximate surface area is 145 Å². The maximum absolute atomic E-state index is 12.5. The number of benzene rings is 1. The molecule has 6 nitrogen and oxygen atoms in total. The van der Waals surface area contributed by atoms with E-state index < -0.39 is 0 Å². The molecule has 0 atom stereocenters. The lowest BCUT2D eigenvalue weighted by atomic mass is 10.3. The summed E-state index contributed by atoms with van der Waals surface area (Å²) < 4.78 is 5.08. The second kappa shape index (κ2) is 8.75. The minimum absolute atomic E-state index is 0.233. The number of anilines is 1. The van der Waals surface area contributed by atoms with Crippen molar-refractivity contribution in [1.29, 1.82) is 5.26 Å². The van der Waals surface area contributed by atoms with Crippen LogP contribution in [0.2, 0.25) is 5.02 Å². The van der Waals surface area contributed by atoms with Crippen LogP contribution in [0.5, 0.6) is 5.75 Å². The molecule has 0 fully saturated rings. The number of halogens is 1. The number of nitriles is 1. The van der Waals surface area contributed by atoms with E-state index in [0.29, 0.717) is 29.5 Å². The predicted molar refractivity (Wildman–Crippen MR) is 91.9 cm³/mol. The summed E-state index contributed by atoms with van der Waals surface area (Å²) in [5.41, 5.74) is 1.22. The van der Waals surface area contributed by atoms with Crippen LogP contribution in [0.15, 0.2) is 42.6 Å². The Balaban J connectivity index is 2.11. The van der Waals surface area contributed by atoms with Crippen molar-refractivity contribution in [3.63, 3.8) is 0 Å². The van der Waals surface area contributed by atoms with E-state index in [9.17, 15) is 4.79 Å². The molecule has 24 heavy (non-hydrogen) atoms. The zero-order valence-corrected chi connectivity index (χ0v) is 14.0. The van der Waals surface area contributed by atoms with Gasteiger partial charge < -0.3 is 15.0 Å². The minimum atomic E-state index is -0.344. The Kier molecular flexibility index (Phi) is 6.41. The standard InChI is InChI=1S/C17H17ClN4O2/c1-24-14-6-7-16(15(18)11-14)21-17(23)22(10-4-8-19)12-13-5-2-3-9-20-13/h2-3,5-7,9,11H,4,10,12H2,1H3,(H,21,23). The summed E-state index contributed by atoms with van der Waals surface area (Å²) in [5, 5.41) is 11.9. The second-order valence-electron chi connectivity index (χ2n) is 4.93. The van der Waals surface area contributed by atoms with Crippen LogP contribution in [0, 0.1) is 11.3 Å². The molecule has 0 saturated heterocycles. The number of hydrogen-bond acceptors (Lipinski definition) is 4. The Hall–Kier alpha value is -2.78. The number of rotatable bonds is 6. The van der Waals surface area contributed by atoms with Gasteiger partial charge in [-0.3, -0.25) is 4.98 Å². The molecule has 0 radical (unpaired) electrons. The lowest BCUT2D eigenvalue weighted by molar-refractivity contribution is 0.209. The Bertz CT molecular complexity index is 731. The quantitative estimate of drug-likeness (QED) is 0.866. The number of carbonyl (C=O) groups excluding carboxylic acids is 1. The highest BCUT2D eigenvalue weighted by atomic mass is 35.5. The Morgan fingerprint density at radius 3 is 2.88 bits per heavy atom. The van der Waals surface area contributed by atoms with Crippen LogP contribution in [0.25, 0.3) is 0 Å². The SMILES string of the molecule is COc1ccc(NC(=O)N(CCC#N)Cc2ccccn2)c(Cl)c1. The highest BCUT2D eigenvalue weighted by molar-refractivity contribution is 6.33. The fourth-order valence-corrected chi connectivity index (χ4v) is 2.26. The summed E-state index contributed by atoms with van der Waals surface area (Å²) >= 11 is 6.14. The van der Waals surface area contributed by atoms with Gasteiger partial charge in [-0.25, -0.2) is 4.79 Å². The van der Waals surface area contributed by atoms with Crippen LogP contribution < -0.4 is 10.1 Å². The van der Waals surface area contributed by atoms with Crippen molar-refractivity contribution in [2.75, 3.05) is 19.0 Å². The van der Waals surface area contributed by atoms with Crippen molar-refractivity contribution in [3.8, 4) is 11.8 Å². The van der Waals surface area contributed by atoms with E-state index in [4.69, 9.17) is 21.6 Å². The van der Waals surface area contributed by atoms with Crippen molar-refractivity contribution in [1.82, 2.24) is 9.88 Å². The summed E-state index contributed by atoms with van der Waals surface area (Å²) in [6.07, 6.45) is 1.90. The molecule has 0 unspecified atom stereocenters. The number of pyridine rings is 1. The van der Waals surface area contributed by atoms with Gasteiger partial charge in [-0.1, -0.05) is 17.7 Å². The summed E-state index contributed by atoms with van der Waals surface area (Å²) in [5.74, 6) is 0.604. The van der Waals surface area contributed by atoms with Crippen LogP contribution in [-0.4, -0.2) is 29.6 Å². The number of nitrogens with zero attached hydrogens (tertiary/aromatic N) is 3. The number of methoxy groups -OCH3 is 1. The number of amides is 2. The molecule has 0 aliphatic rings. The fraction of sp³-hybridized carbons (Fsp3) is 0.235. The van der Waals surface area contributed by atoms with Gasteiger partial charge in [-0.2, -0.15) is 5.26 Å². The van der Waals surface area contributed by atoms with Crippen molar-refractivity contribution in [3.05, 3.63) is 53.3 Å². The maximum atomic E-state index is 12.5. The molecule has 0 saturated carbocycles. The van der Waals surface area contributed by atoms with E-state index in [1.165, 1.54) is 4.90 Å². The molecule has 0 spiro atoms. The van der Waals surface area contributed by atoms with Crippen molar-refractivity contribution < 1.29 is 9.53 Å². The van der Waals surface area contributed by atoms with Crippen LogP contribution in [0.1, 0.15) is 12.1 Å². The molecule has 2 aromatic rings. The zero-order chi connectivity index (χ0) is 17.4. The van der Waals surface area contributed by atoms with Crippen LogP contribution >= 0.6 is 11.6 Å². The largest absolute Gasteiger partial charge is 0.497 e. The molecular formula is C17H17ClN4O2. The fourth-order valence-electron chi connectivity index (χ4n) is 2.04. The molecule has 0 aliphatic carbocycles. The molecule has 1 aromatic heterocycles. The Morgan fingerprint density at radius 2 is 2.25 bits per heavy atom. The van der Waals surface area contributed by atoms with E-state index in [0.717, 1.165) is 5.69 Å². The lowest BCUT2D eigenvalue weighted by Crippen LogP contribution is -2.35. The third-order valence-electron chi connectivity index (χ3n) is 3.28. The van der Waals surface area contributed by atoms with E-state index in [1.54, 1.807) is 37.6 Å². The molecule has 0 aliphatic heterocycles. The number of urea groups is 1. The smallest absolute Gasteiger partial charge is 0.322 e. The summed E-state index contributed by atoms with van der Waals surface area (Å²) in [7, 11) is 1.54. The van der Waals surface area contributed by atoms with Gasteiger partial charge in [0.1, 0.15) is 5.75 Å². The first-order valence-corrected chi connectivity index (χ1v) is 7.68. The van der Waals surface area contributed by atoms with Gasteiger partial charge in [0.15, 0.2) is 0 Å². The van der Waals surface area contributed by atoms with Crippen molar-refractivity contribution in [2.45, 2.75) is 13.0 Å². The third-order valence-corrected chi connectivity index (χ3v) is 3.59. The van der Waals surface area contributed by atoms with E-state index in [1.807, 2.05) is 18.2 Å². The zero-order valence-electron chi connectivity index (χ0n) is 13.2. The number of nitrogens with one attached hydrogen (secondary N) is 1. The molecular weight excluding hydrogens is 328 g/mol. The molecule has 2 rings (SSSR count). The molecule has 124 valence electrons. The summed E-state index contributed by atoms with van der Waals surface area (Å²) in [6.45, 7) is 0.606. The predicted octanol–water partition coefficient (Wildman–Crippen LogP) is 3.69. The van der Waals surface area contributed by atoms with Crippen molar-refractivity contribution >= 4 is 23.3 Å². The van der Waals surface area contributed by atoms with Crippen LogP contribution in [0.3, 0.4) is 0 Å². The third kappa shape index (κ3) is 4.86. The topological polar surface area (TPSA) is 78.2 Å². The normalized spacial score (nSPS) is 9.88. The Morgan fingerprint density at radius 1 is 1.42 bits per heavy atom. The second-order valence-corrected chi connectivity index (χ2v) is 5.33. The van der Waals surface area contributed by atoms with Gasteiger partial charge in [0.25, 0.3) is 0 Å². The van der Waals surface area contributed by atoms with Crippen molar-refractivity contribution in [2.24, 2.45) is 0 Å². The highest BCUT2D eigenvalue weighted by Gasteiger charge is 2.16. The number of carbonyl (C=O) groups is 1. The molecule has 7 heteroatoms. The van der Waals surface area contributed by atoms with Gasteiger partial charge in [0.2, 0.25) is 0 Å². The monoisotopic (exact) mass is 344 g/mol. The van der Waals surface area contributed by atoms with Crippen LogP contribution in [0.4, 0.5) is 10.5 Å². The summed E-state index contributed by atoms with van der Waals surface area (Å²) in [4.78, 5) is 18.2. The molecule has 1 heterocycles. The number of hydrogen-bond donors (Lipinski definition) is 1. The highest BCUT2D eigenvalue weighted by Crippen LogP contribution is 2.26. The van der Waals surface area contributed by atoms with Gasteiger partial charge in [-0.05, 0) is 24.3 Å². The number of ether oxygens (including phenoxy) is 1. The van der Waals surface area contributed by atoms with Gasteiger partial charge in [-0.15, -0.1) is 0 Å². The first kappa shape index (κ1) is 17.6. The van der Waals surface area contributed by atoms with Gasteiger partial charge in [0, 0.05) is 18.8 Å². The number of aromatic nitrogens is 1. The van der Waals surface area contributed by atoms with E-state index in [2.05, 4.69) is 10.3 Å². The average Bonchev–Trinajstić information content (AvgIpc) is 2.61. The molecule has 2 amide bonds. The molecule has 0 bridgehead atoms. The minimum Gasteiger partial charge on any atom is -0.497 e. The van der Waals surface area contributed by atoms with Gasteiger partial charge in [0.05, 0.1) is 42.5 Å². The van der Waals surface area contributed by atoms with Gasteiger partial charge >= 0.3 is 6.03 Å². The summed E-state index contributed by atoms with van der Waals surface area (Å²) in [6, 6.07) is 12.2. The molecule has 1 N–H and O–H groups in total. The van der Waals surface area contributed by atoms with E-state index in [-0.39, 0.29) is 12.5 Å². The van der Waals surface area contributed by atoms with Crippen LogP contribution in [-0.2, 0) is 6.54 Å². The first-order valence-electron chi connectivity index (χ1n) is 7.30. The lowest BCUT2D eigenvalue weighted by Gasteiger charge is -2.22. The maximum Gasteiger partial charge on any atom is 0.322 e. The van der Waals surface area contributed by atoms with E-state index >= 15 is 0 Å². The average molecular weight is 345 g/mol.